The van der Waals surface area contributed by atoms with Gasteiger partial charge in [-0.25, -0.2) is 14.8 Å². The van der Waals surface area contributed by atoms with Crippen molar-refractivity contribution in [1.29, 1.82) is 0 Å². The van der Waals surface area contributed by atoms with Gasteiger partial charge in [0.15, 0.2) is 5.75 Å². The summed E-state index contributed by atoms with van der Waals surface area (Å²) in [6.45, 7) is 1.84. The predicted octanol–water partition coefficient (Wildman–Crippen LogP) is 4.56. The zero-order valence-electron chi connectivity index (χ0n) is 17.1. The molecule has 4 aromatic rings. The van der Waals surface area contributed by atoms with Crippen LogP contribution in [-0.2, 0) is 4.74 Å². The number of aromatic nitrogens is 3. The van der Waals surface area contributed by atoms with Crippen LogP contribution < -0.4 is 10.1 Å². The Labute approximate surface area is 182 Å². The van der Waals surface area contributed by atoms with Gasteiger partial charge in [-0.2, -0.15) is 4.98 Å². The molecule has 0 atom stereocenters. The fourth-order valence-electron chi connectivity index (χ4n) is 3.04. The molecule has 0 spiro atoms. The number of nitro groups is 1. The normalized spacial score (nSPS) is 10.6. The number of rotatable bonds is 6. The van der Waals surface area contributed by atoms with Gasteiger partial charge >= 0.3 is 17.5 Å². The zero-order valence-corrected chi connectivity index (χ0v) is 17.1. The number of nitrogens with one attached hydrogen (secondary N) is 1. The highest BCUT2D eigenvalue weighted by Crippen LogP contribution is 2.37. The van der Waals surface area contributed by atoms with Crippen molar-refractivity contribution < 1.29 is 19.2 Å². The van der Waals surface area contributed by atoms with Gasteiger partial charge in [-0.3, -0.25) is 10.1 Å². The molecule has 0 saturated heterocycles. The molecule has 0 saturated carbocycles. The fraction of sp³-hybridized carbons (Fsp3) is 0.0909. The average molecular weight is 431 g/mol. The lowest BCUT2D eigenvalue weighted by Gasteiger charge is -2.11. The highest BCUT2D eigenvalue weighted by Gasteiger charge is 2.26. The van der Waals surface area contributed by atoms with Crippen LogP contribution in [0.25, 0.3) is 10.9 Å². The zero-order chi connectivity index (χ0) is 22.7. The van der Waals surface area contributed by atoms with E-state index in [0.29, 0.717) is 22.5 Å². The predicted molar refractivity (Wildman–Crippen MR) is 116 cm³/mol. The largest absolute Gasteiger partial charge is 0.465 e. The topological polar surface area (TPSA) is 129 Å². The quantitative estimate of drug-likeness (QED) is 0.265. The van der Waals surface area contributed by atoms with Gasteiger partial charge in [0.1, 0.15) is 11.8 Å². The SMILES string of the molecule is COC(=O)c1ccc(Nc2ncnc(Oc3cccc4ccc(C)nc34)c2[N+](=O)[O-])cc1. The van der Waals surface area contributed by atoms with Crippen LogP contribution >= 0.6 is 0 Å². The van der Waals surface area contributed by atoms with Crippen molar-refractivity contribution in [1.82, 2.24) is 15.0 Å². The first-order valence-electron chi connectivity index (χ1n) is 9.45. The number of pyridine rings is 1. The Kier molecular flexibility index (Phi) is 5.58. The second-order valence-corrected chi connectivity index (χ2v) is 6.71. The Hall–Kier alpha value is -4.60. The van der Waals surface area contributed by atoms with E-state index in [1.807, 2.05) is 25.1 Å². The molecule has 0 amide bonds. The van der Waals surface area contributed by atoms with Gasteiger partial charge < -0.3 is 14.8 Å². The van der Waals surface area contributed by atoms with Crippen LogP contribution in [-0.4, -0.2) is 33.0 Å². The number of aryl methyl sites for hydroxylation is 1. The van der Waals surface area contributed by atoms with Crippen LogP contribution in [0.2, 0.25) is 0 Å². The summed E-state index contributed by atoms with van der Waals surface area (Å²) in [5, 5.41) is 15.5. The standard InChI is InChI=1S/C22H17N5O5/c1-13-6-7-14-4-3-5-17(18(14)25-13)32-21-19(27(29)30)20(23-12-24-21)26-16-10-8-15(9-11-16)22(28)31-2/h3-12H,1-2H3,(H,23,24,26). The summed E-state index contributed by atoms with van der Waals surface area (Å²) in [7, 11) is 1.28. The minimum Gasteiger partial charge on any atom is -0.465 e. The van der Waals surface area contributed by atoms with E-state index in [2.05, 4.69) is 25.0 Å². The Bertz CT molecular complexity index is 1320. The van der Waals surface area contributed by atoms with E-state index >= 15 is 0 Å². The number of hydrogen-bond acceptors (Lipinski definition) is 9. The second kappa shape index (κ2) is 8.64. The first-order chi connectivity index (χ1) is 15.5. The number of esters is 1. The van der Waals surface area contributed by atoms with E-state index in [1.165, 1.54) is 19.2 Å². The van der Waals surface area contributed by atoms with Crippen LogP contribution in [0.1, 0.15) is 16.1 Å². The molecular formula is C22H17N5O5. The first-order valence-corrected chi connectivity index (χ1v) is 9.45. The number of fused-ring (bicyclic) bond motifs is 1. The summed E-state index contributed by atoms with van der Waals surface area (Å²) in [5.41, 5.74) is 1.73. The Balaban J connectivity index is 1.70. The number of carbonyl (C=O) groups is 1. The summed E-state index contributed by atoms with van der Waals surface area (Å²) in [6.07, 6.45) is 1.16. The van der Waals surface area contributed by atoms with Gasteiger partial charge in [-0.1, -0.05) is 18.2 Å². The molecule has 4 rings (SSSR count). The van der Waals surface area contributed by atoms with Crippen molar-refractivity contribution in [3.05, 3.63) is 82.3 Å². The van der Waals surface area contributed by atoms with Gasteiger partial charge in [-0.15, -0.1) is 0 Å². The number of para-hydroxylation sites is 1. The lowest BCUT2D eigenvalue weighted by molar-refractivity contribution is -0.385. The second-order valence-electron chi connectivity index (χ2n) is 6.71. The van der Waals surface area contributed by atoms with Crippen LogP contribution in [0.4, 0.5) is 17.2 Å². The summed E-state index contributed by atoms with van der Waals surface area (Å²) in [6, 6.07) is 15.3. The molecule has 1 N–H and O–H groups in total. The number of anilines is 2. The van der Waals surface area contributed by atoms with Gasteiger partial charge in [-0.05, 0) is 43.3 Å². The van der Waals surface area contributed by atoms with E-state index in [0.717, 1.165) is 17.4 Å². The molecule has 2 aromatic carbocycles. The first kappa shape index (κ1) is 20.7. The third-order valence-corrected chi connectivity index (χ3v) is 4.57. The van der Waals surface area contributed by atoms with Gasteiger partial charge in [0.05, 0.1) is 17.6 Å². The van der Waals surface area contributed by atoms with E-state index < -0.39 is 16.6 Å². The van der Waals surface area contributed by atoms with E-state index in [9.17, 15) is 14.9 Å². The number of nitrogens with zero attached hydrogens (tertiary/aromatic N) is 4. The Morgan fingerprint density at radius 2 is 1.84 bits per heavy atom. The number of ether oxygens (including phenoxy) is 2. The maximum Gasteiger partial charge on any atom is 0.373 e. The maximum absolute atomic E-state index is 11.9. The van der Waals surface area contributed by atoms with Crippen molar-refractivity contribution >= 4 is 34.1 Å². The molecule has 0 unspecified atom stereocenters. The lowest BCUT2D eigenvalue weighted by Crippen LogP contribution is -2.04. The molecule has 0 radical (unpaired) electrons. The van der Waals surface area contributed by atoms with Crippen LogP contribution in [0.5, 0.6) is 11.6 Å². The molecule has 160 valence electrons. The number of carbonyl (C=O) groups excluding carboxylic acids is 1. The number of benzene rings is 2. The fourth-order valence-corrected chi connectivity index (χ4v) is 3.04. The Morgan fingerprint density at radius 3 is 2.56 bits per heavy atom. The molecule has 0 aliphatic heterocycles. The third kappa shape index (κ3) is 4.15. The van der Waals surface area contributed by atoms with Gasteiger partial charge in [0, 0.05) is 16.8 Å². The third-order valence-electron chi connectivity index (χ3n) is 4.57. The summed E-state index contributed by atoms with van der Waals surface area (Å²) < 4.78 is 10.5. The minimum absolute atomic E-state index is 0.0600. The summed E-state index contributed by atoms with van der Waals surface area (Å²) in [5.74, 6) is -0.440. The number of hydrogen-bond donors (Lipinski definition) is 1. The van der Waals surface area contributed by atoms with E-state index in [1.54, 1.807) is 24.3 Å². The van der Waals surface area contributed by atoms with Crippen LogP contribution in [0.15, 0.2) is 60.9 Å². The highest BCUT2D eigenvalue weighted by molar-refractivity contribution is 5.90. The molecule has 0 aliphatic rings. The van der Waals surface area contributed by atoms with E-state index in [-0.39, 0.29) is 11.7 Å². The minimum atomic E-state index is -0.621. The molecular weight excluding hydrogens is 414 g/mol. The monoisotopic (exact) mass is 431 g/mol. The van der Waals surface area contributed by atoms with Crippen molar-refractivity contribution in [2.75, 3.05) is 12.4 Å². The van der Waals surface area contributed by atoms with Crippen LogP contribution in [0, 0.1) is 17.0 Å². The van der Waals surface area contributed by atoms with Gasteiger partial charge in [0.2, 0.25) is 5.82 Å². The molecule has 0 bridgehead atoms. The molecule has 10 heteroatoms. The van der Waals surface area contributed by atoms with Crippen molar-refractivity contribution in [2.24, 2.45) is 0 Å². The maximum atomic E-state index is 11.9. The Morgan fingerprint density at radius 1 is 1.06 bits per heavy atom. The molecule has 32 heavy (non-hydrogen) atoms. The van der Waals surface area contributed by atoms with E-state index in [4.69, 9.17) is 4.74 Å². The summed E-state index contributed by atoms with van der Waals surface area (Å²) >= 11 is 0. The number of methoxy groups -OCH3 is 1. The lowest BCUT2D eigenvalue weighted by atomic mass is 10.2. The van der Waals surface area contributed by atoms with Gasteiger partial charge in [0.25, 0.3) is 0 Å². The average Bonchev–Trinajstić information content (AvgIpc) is 2.79. The van der Waals surface area contributed by atoms with Crippen molar-refractivity contribution in [3.63, 3.8) is 0 Å². The summed E-state index contributed by atoms with van der Waals surface area (Å²) in [4.78, 5) is 35.3. The molecule has 0 aliphatic carbocycles. The molecule has 2 aromatic heterocycles. The van der Waals surface area contributed by atoms with Crippen molar-refractivity contribution in [2.45, 2.75) is 6.92 Å². The van der Waals surface area contributed by atoms with Crippen LogP contribution in [0.3, 0.4) is 0 Å². The molecule has 0 fully saturated rings. The van der Waals surface area contributed by atoms with Crippen molar-refractivity contribution in [3.8, 4) is 11.6 Å². The molecule has 2 heterocycles. The highest BCUT2D eigenvalue weighted by atomic mass is 16.6. The smallest absolute Gasteiger partial charge is 0.373 e. The molecule has 10 nitrogen and oxygen atoms in total.